The molecule has 4 heteroatoms. The summed E-state index contributed by atoms with van der Waals surface area (Å²) < 4.78 is 37.2. The van der Waals surface area contributed by atoms with Gasteiger partial charge in [-0.1, -0.05) is 13.0 Å². The summed E-state index contributed by atoms with van der Waals surface area (Å²) in [6.07, 6.45) is -2.93. The van der Waals surface area contributed by atoms with Gasteiger partial charge in [-0.3, -0.25) is 4.79 Å². The number of carbonyl (C=O) groups is 1. The molecule has 1 aromatic carbocycles. The fourth-order valence-corrected chi connectivity index (χ4v) is 1.60. The summed E-state index contributed by atoms with van der Waals surface area (Å²) in [5, 5.41) is 0. The lowest BCUT2D eigenvalue weighted by molar-refractivity contribution is -0.137. The van der Waals surface area contributed by atoms with Crippen molar-refractivity contribution in [2.45, 2.75) is 39.3 Å². The van der Waals surface area contributed by atoms with Gasteiger partial charge >= 0.3 is 6.18 Å². The second-order valence-electron chi connectivity index (χ2n) is 4.03. The smallest absolute Gasteiger partial charge is 0.300 e. The van der Waals surface area contributed by atoms with Gasteiger partial charge in [-0.2, -0.15) is 13.2 Å². The molecule has 17 heavy (non-hydrogen) atoms. The molecule has 0 aliphatic heterocycles. The van der Waals surface area contributed by atoms with Crippen molar-refractivity contribution in [1.82, 2.24) is 0 Å². The number of carbonyl (C=O) groups excluding carboxylic acids is 1. The molecule has 1 aromatic rings. The van der Waals surface area contributed by atoms with Crippen LogP contribution in [0.2, 0.25) is 0 Å². The third-order valence-electron chi connectivity index (χ3n) is 2.74. The number of Topliss-reactive ketones (excluding diaryl/α,β-unsaturated/α-hetero) is 1. The van der Waals surface area contributed by atoms with Gasteiger partial charge in [-0.05, 0) is 36.6 Å². The van der Waals surface area contributed by atoms with E-state index in [-0.39, 0.29) is 5.78 Å². The predicted octanol–water partition coefficient (Wildman–Crippen LogP) is 3.93. The van der Waals surface area contributed by atoms with Crippen molar-refractivity contribution in [3.8, 4) is 0 Å². The molecule has 0 fully saturated rings. The molecule has 0 spiro atoms. The van der Waals surface area contributed by atoms with E-state index in [2.05, 4.69) is 0 Å². The largest absolute Gasteiger partial charge is 0.416 e. The van der Waals surface area contributed by atoms with Crippen LogP contribution in [-0.4, -0.2) is 5.78 Å². The van der Waals surface area contributed by atoms with Gasteiger partial charge in [0.05, 0.1) is 5.56 Å². The van der Waals surface area contributed by atoms with Gasteiger partial charge in [0, 0.05) is 12.8 Å². The van der Waals surface area contributed by atoms with E-state index < -0.39 is 11.7 Å². The maximum Gasteiger partial charge on any atom is 0.416 e. The first-order valence-corrected chi connectivity index (χ1v) is 5.53. The van der Waals surface area contributed by atoms with Crippen LogP contribution < -0.4 is 0 Å². The molecule has 0 aromatic heterocycles. The molecule has 1 rings (SSSR count). The second-order valence-corrected chi connectivity index (χ2v) is 4.03. The highest BCUT2D eigenvalue weighted by Crippen LogP contribution is 2.30. The van der Waals surface area contributed by atoms with Crippen LogP contribution in [0.3, 0.4) is 0 Å². The van der Waals surface area contributed by atoms with Crippen LogP contribution in [0, 0.1) is 6.92 Å². The summed E-state index contributed by atoms with van der Waals surface area (Å²) in [5.74, 6) is 0.129. The molecule has 94 valence electrons. The lowest BCUT2D eigenvalue weighted by Gasteiger charge is -2.10. The zero-order valence-corrected chi connectivity index (χ0v) is 9.90. The van der Waals surface area contributed by atoms with Gasteiger partial charge < -0.3 is 0 Å². The number of alkyl halides is 3. The lowest BCUT2D eigenvalue weighted by atomic mass is 9.99. The van der Waals surface area contributed by atoms with E-state index in [4.69, 9.17) is 0 Å². The van der Waals surface area contributed by atoms with Gasteiger partial charge in [-0.25, -0.2) is 0 Å². The minimum atomic E-state index is -4.30. The van der Waals surface area contributed by atoms with Crippen LogP contribution in [0.1, 0.15) is 36.5 Å². The average Bonchev–Trinajstić information content (AvgIpc) is 2.25. The molecule has 0 N–H and O–H groups in total. The standard InChI is InChI=1S/C13H15F3O/c1-3-12(17)7-5-10-4-6-11(8-9(10)2)13(14,15)16/h4,6,8H,3,5,7H2,1-2H3. The number of hydrogen-bond donors (Lipinski definition) is 0. The molecular weight excluding hydrogens is 229 g/mol. The first kappa shape index (κ1) is 13.7. The molecule has 0 saturated heterocycles. The molecule has 0 aliphatic carbocycles. The number of hydrogen-bond acceptors (Lipinski definition) is 1. The Bertz CT molecular complexity index is 408. The Kier molecular flexibility index (Phi) is 4.32. The summed E-state index contributed by atoms with van der Waals surface area (Å²) in [7, 11) is 0. The normalized spacial score (nSPS) is 11.6. The number of ketones is 1. The Labute approximate surface area is 98.6 Å². The topological polar surface area (TPSA) is 17.1 Å². The summed E-state index contributed by atoms with van der Waals surface area (Å²) in [6, 6.07) is 3.66. The van der Waals surface area contributed by atoms with Crippen molar-refractivity contribution in [3.63, 3.8) is 0 Å². The minimum Gasteiger partial charge on any atom is -0.300 e. The zero-order chi connectivity index (χ0) is 13.1. The number of halogens is 3. The minimum absolute atomic E-state index is 0.129. The van der Waals surface area contributed by atoms with Crippen LogP contribution in [0.25, 0.3) is 0 Å². The van der Waals surface area contributed by atoms with Gasteiger partial charge in [0.1, 0.15) is 5.78 Å². The number of rotatable bonds is 4. The predicted molar refractivity (Wildman–Crippen MR) is 59.8 cm³/mol. The first-order chi connectivity index (χ1) is 7.84. The van der Waals surface area contributed by atoms with Crippen molar-refractivity contribution in [2.75, 3.05) is 0 Å². The van der Waals surface area contributed by atoms with E-state index in [1.165, 1.54) is 6.07 Å². The van der Waals surface area contributed by atoms with Crippen molar-refractivity contribution in [1.29, 1.82) is 0 Å². The average molecular weight is 244 g/mol. The van der Waals surface area contributed by atoms with Crippen molar-refractivity contribution in [2.24, 2.45) is 0 Å². The number of benzene rings is 1. The Morgan fingerprint density at radius 1 is 1.29 bits per heavy atom. The highest BCUT2D eigenvalue weighted by atomic mass is 19.4. The molecule has 0 heterocycles. The van der Waals surface area contributed by atoms with Crippen LogP contribution in [0.15, 0.2) is 18.2 Å². The van der Waals surface area contributed by atoms with Gasteiger partial charge in [0.2, 0.25) is 0 Å². The van der Waals surface area contributed by atoms with E-state index in [9.17, 15) is 18.0 Å². The van der Waals surface area contributed by atoms with E-state index in [1.807, 2.05) is 0 Å². The fraction of sp³-hybridized carbons (Fsp3) is 0.462. The third-order valence-corrected chi connectivity index (χ3v) is 2.74. The monoisotopic (exact) mass is 244 g/mol. The highest BCUT2D eigenvalue weighted by Gasteiger charge is 2.30. The maximum atomic E-state index is 12.4. The maximum absolute atomic E-state index is 12.4. The molecule has 0 bridgehead atoms. The Morgan fingerprint density at radius 3 is 2.41 bits per heavy atom. The van der Waals surface area contributed by atoms with Gasteiger partial charge in [-0.15, -0.1) is 0 Å². The SMILES string of the molecule is CCC(=O)CCc1ccc(C(F)(F)F)cc1C. The third kappa shape index (κ3) is 3.88. The van der Waals surface area contributed by atoms with E-state index in [0.717, 1.165) is 17.7 Å². The quantitative estimate of drug-likeness (QED) is 0.784. The van der Waals surface area contributed by atoms with Crippen molar-refractivity contribution in [3.05, 3.63) is 34.9 Å². The molecule has 0 amide bonds. The van der Waals surface area contributed by atoms with E-state index in [1.54, 1.807) is 13.8 Å². The Balaban J connectivity index is 2.80. The molecule has 0 saturated carbocycles. The van der Waals surface area contributed by atoms with E-state index >= 15 is 0 Å². The first-order valence-electron chi connectivity index (χ1n) is 5.53. The van der Waals surface area contributed by atoms with Crippen molar-refractivity contribution < 1.29 is 18.0 Å². The molecule has 1 nitrogen and oxygen atoms in total. The second kappa shape index (κ2) is 5.34. The summed E-state index contributed by atoms with van der Waals surface area (Å²) >= 11 is 0. The molecule has 0 atom stereocenters. The van der Waals surface area contributed by atoms with E-state index in [0.29, 0.717) is 24.8 Å². The molecular formula is C13H15F3O. The van der Waals surface area contributed by atoms with Gasteiger partial charge in [0.25, 0.3) is 0 Å². The highest BCUT2D eigenvalue weighted by molar-refractivity contribution is 5.78. The Morgan fingerprint density at radius 2 is 1.94 bits per heavy atom. The molecule has 0 radical (unpaired) electrons. The van der Waals surface area contributed by atoms with Crippen LogP contribution in [0.4, 0.5) is 13.2 Å². The summed E-state index contributed by atoms with van der Waals surface area (Å²) in [5.41, 5.74) is 0.754. The van der Waals surface area contributed by atoms with Crippen LogP contribution in [0.5, 0.6) is 0 Å². The van der Waals surface area contributed by atoms with Crippen LogP contribution in [-0.2, 0) is 17.4 Å². The summed E-state index contributed by atoms with van der Waals surface area (Å²) in [4.78, 5) is 11.1. The zero-order valence-electron chi connectivity index (χ0n) is 9.90. The fourth-order valence-electron chi connectivity index (χ4n) is 1.60. The van der Waals surface area contributed by atoms with Gasteiger partial charge in [0.15, 0.2) is 0 Å². The summed E-state index contributed by atoms with van der Waals surface area (Å²) in [6.45, 7) is 3.42. The Hall–Kier alpha value is -1.32. The van der Waals surface area contributed by atoms with Crippen molar-refractivity contribution >= 4 is 5.78 Å². The molecule has 0 unspecified atom stereocenters. The molecule has 0 aliphatic rings. The lowest BCUT2D eigenvalue weighted by Crippen LogP contribution is -2.06. The van der Waals surface area contributed by atoms with Crippen LogP contribution >= 0.6 is 0 Å². The number of aryl methyl sites for hydroxylation is 2.